The van der Waals surface area contributed by atoms with Gasteiger partial charge in [0.1, 0.15) is 5.75 Å². The third-order valence-corrected chi connectivity index (χ3v) is 3.60. The molecule has 94 valence electrons. The number of ketones is 1. The summed E-state index contributed by atoms with van der Waals surface area (Å²) in [4.78, 5) is 11.9. The molecule has 0 aliphatic rings. The van der Waals surface area contributed by atoms with E-state index in [1.807, 2.05) is 37.5 Å². The normalized spacial score (nSPS) is 10.4. The molecule has 0 N–H and O–H groups in total. The predicted octanol–water partition coefficient (Wildman–Crippen LogP) is 3.81. The molecular formula is C13H11Br2NO2. The van der Waals surface area contributed by atoms with E-state index in [2.05, 4.69) is 31.9 Å². The molecular weight excluding hydrogens is 362 g/mol. The van der Waals surface area contributed by atoms with Crippen molar-refractivity contribution >= 4 is 37.6 Å². The molecule has 3 nitrogen and oxygen atoms in total. The van der Waals surface area contributed by atoms with Gasteiger partial charge in [0.05, 0.1) is 10.2 Å². The van der Waals surface area contributed by atoms with Gasteiger partial charge in [-0.3, -0.25) is 4.79 Å². The van der Waals surface area contributed by atoms with Crippen molar-refractivity contribution in [3.63, 3.8) is 0 Å². The van der Waals surface area contributed by atoms with E-state index in [-0.39, 0.29) is 12.4 Å². The molecule has 0 unspecified atom stereocenters. The Bertz CT molecular complexity index is 578. The molecule has 18 heavy (non-hydrogen) atoms. The van der Waals surface area contributed by atoms with Gasteiger partial charge < -0.3 is 9.30 Å². The number of aromatic nitrogens is 1. The number of hydrogen-bond acceptors (Lipinski definition) is 2. The van der Waals surface area contributed by atoms with E-state index in [1.54, 1.807) is 10.6 Å². The molecule has 0 saturated carbocycles. The summed E-state index contributed by atoms with van der Waals surface area (Å²) >= 11 is 6.75. The van der Waals surface area contributed by atoms with E-state index < -0.39 is 0 Å². The molecule has 1 aromatic carbocycles. The van der Waals surface area contributed by atoms with Crippen LogP contribution in [-0.4, -0.2) is 17.0 Å². The molecule has 0 atom stereocenters. The molecule has 1 aromatic heterocycles. The number of hydrogen-bond donors (Lipinski definition) is 0. The second-order valence-corrected chi connectivity index (χ2v) is 5.56. The minimum Gasteiger partial charge on any atom is -0.484 e. The summed E-state index contributed by atoms with van der Waals surface area (Å²) < 4.78 is 9.05. The maximum Gasteiger partial charge on any atom is 0.216 e. The number of benzene rings is 1. The molecule has 0 aliphatic heterocycles. The van der Waals surface area contributed by atoms with E-state index in [4.69, 9.17) is 4.74 Å². The summed E-state index contributed by atoms with van der Waals surface area (Å²) in [5.41, 5.74) is 0.642. The Morgan fingerprint density at radius 3 is 2.72 bits per heavy atom. The zero-order valence-electron chi connectivity index (χ0n) is 9.69. The van der Waals surface area contributed by atoms with Gasteiger partial charge in [-0.2, -0.15) is 0 Å². The lowest BCUT2D eigenvalue weighted by atomic mass is 10.3. The average molecular weight is 373 g/mol. The summed E-state index contributed by atoms with van der Waals surface area (Å²) in [6.45, 7) is 0.0259. The molecule has 2 rings (SSSR count). The Kier molecular flexibility index (Phi) is 4.24. The van der Waals surface area contributed by atoms with Gasteiger partial charge >= 0.3 is 0 Å². The van der Waals surface area contributed by atoms with Crippen molar-refractivity contribution in [2.75, 3.05) is 6.61 Å². The smallest absolute Gasteiger partial charge is 0.216 e. The van der Waals surface area contributed by atoms with Crippen molar-refractivity contribution in [1.82, 2.24) is 4.57 Å². The van der Waals surface area contributed by atoms with E-state index in [9.17, 15) is 4.79 Å². The Balaban J connectivity index is 2.04. The monoisotopic (exact) mass is 371 g/mol. The van der Waals surface area contributed by atoms with Crippen LogP contribution in [0.1, 0.15) is 10.5 Å². The molecule has 1 heterocycles. The van der Waals surface area contributed by atoms with Crippen molar-refractivity contribution in [1.29, 1.82) is 0 Å². The third-order valence-electron chi connectivity index (χ3n) is 2.48. The standard InChI is InChI=1S/C13H11Br2NO2/c1-16-6-2-3-11(16)12(17)8-18-13-5-4-9(14)7-10(13)15/h2-7H,8H2,1H3. The van der Waals surface area contributed by atoms with Crippen LogP contribution < -0.4 is 4.74 Å². The van der Waals surface area contributed by atoms with Crippen LogP contribution in [0.2, 0.25) is 0 Å². The third kappa shape index (κ3) is 3.03. The fourth-order valence-corrected chi connectivity index (χ4v) is 2.72. The zero-order chi connectivity index (χ0) is 13.1. The Hall–Kier alpha value is -1.07. The number of carbonyl (C=O) groups is 1. The van der Waals surface area contributed by atoms with Crippen LogP contribution in [0.3, 0.4) is 0 Å². The van der Waals surface area contributed by atoms with Crippen LogP contribution in [0, 0.1) is 0 Å². The van der Waals surface area contributed by atoms with Gasteiger partial charge in [0.25, 0.3) is 0 Å². The number of carbonyl (C=O) groups excluding carboxylic acids is 1. The fourth-order valence-electron chi connectivity index (χ4n) is 1.56. The number of aryl methyl sites for hydroxylation is 1. The minimum absolute atomic E-state index is 0.0259. The molecule has 0 spiro atoms. The van der Waals surface area contributed by atoms with Gasteiger partial charge in [-0.1, -0.05) is 15.9 Å². The summed E-state index contributed by atoms with van der Waals surface area (Å²) in [5, 5.41) is 0. The van der Waals surface area contributed by atoms with Crippen LogP contribution in [0.25, 0.3) is 0 Å². The van der Waals surface area contributed by atoms with E-state index in [0.29, 0.717) is 11.4 Å². The Morgan fingerprint density at radius 2 is 2.11 bits per heavy atom. The highest BCUT2D eigenvalue weighted by atomic mass is 79.9. The Labute approximate surface area is 122 Å². The number of rotatable bonds is 4. The first-order chi connectivity index (χ1) is 8.58. The van der Waals surface area contributed by atoms with Crippen LogP contribution in [-0.2, 0) is 7.05 Å². The second-order valence-electron chi connectivity index (χ2n) is 3.79. The topological polar surface area (TPSA) is 31.2 Å². The highest BCUT2D eigenvalue weighted by molar-refractivity contribution is 9.11. The molecule has 5 heteroatoms. The highest BCUT2D eigenvalue weighted by Crippen LogP contribution is 2.28. The summed E-state index contributed by atoms with van der Waals surface area (Å²) in [5.74, 6) is 0.609. The Morgan fingerprint density at radius 1 is 1.33 bits per heavy atom. The summed E-state index contributed by atoms with van der Waals surface area (Å²) in [6, 6.07) is 9.17. The zero-order valence-corrected chi connectivity index (χ0v) is 12.9. The molecule has 0 bridgehead atoms. The summed E-state index contributed by atoms with van der Waals surface area (Å²) in [7, 11) is 1.84. The molecule has 0 radical (unpaired) electrons. The van der Waals surface area contributed by atoms with Crippen molar-refractivity contribution in [3.05, 3.63) is 51.2 Å². The van der Waals surface area contributed by atoms with E-state index >= 15 is 0 Å². The van der Waals surface area contributed by atoms with Gasteiger partial charge in [0, 0.05) is 17.7 Å². The second kappa shape index (κ2) is 5.71. The minimum atomic E-state index is -0.0441. The van der Waals surface area contributed by atoms with Gasteiger partial charge in [0.2, 0.25) is 5.78 Å². The molecule has 0 fully saturated rings. The van der Waals surface area contributed by atoms with E-state index in [0.717, 1.165) is 8.95 Å². The first-order valence-electron chi connectivity index (χ1n) is 5.30. The van der Waals surface area contributed by atoms with Gasteiger partial charge in [-0.25, -0.2) is 0 Å². The average Bonchev–Trinajstić information content (AvgIpc) is 2.74. The fraction of sp³-hybridized carbons (Fsp3) is 0.154. The molecule has 2 aromatic rings. The number of ether oxygens (including phenoxy) is 1. The van der Waals surface area contributed by atoms with Crippen molar-refractivity contribution in [2.45, 2.75) is 0 Å². The van der Waals surface area contributed by atoms with Crippen molar-refractivity contribution in [3.8, 4) is 5.75 Å². The molecule has 0 aliphatic carbocycles. The number of Topliss-reactive ketones (excluding diaryl/α,β-unsaturated/α-hetero) is 1. The first-order valence-corrected chi connectivity index (χ1v) is 6.89. The maximum atomic E-state index is 11.9. The SMILES string of the molecule is Cn1cccc1C(=O)COc1ccc(Br)cc1Br. The number of halogens is 2. The van der Waals surface area contributed by atoms with Crippen LogP contribution >= 0.6 is 31.9 Å². The van der Waals surface area contributed by atoms with Gasteiger partial charge in [-0.15, -0.1) is 0 Å². The lowest BCUT2D eigenvalue weighted by molar-refractivity contribution is 0.0913. The lowest BCUT2D eigenvalue weighted by Crippen LogP contribution is -2.14. The first kappa shape index (κ1) is 13.4. The van der Waals surface area contributed by atoms with Gasteiger partial charge in [0.15, 0.2) is 6.61 Å². The lowest BCUT2D eigenvalue weighted by Gasteiger charge is -2.08. The quantitative estimate of drug-likeness (QED) is 0.764. The predicted molar refractivity (Wildman–Crippen MR) is 77.1 cm³/mol. The van der Waals surface area contributed by atoms with Crippen LogP contribution in [0.4, 0.5) is 0 Å². The van der Waals surface area contributed by atoms with Crippen LogP contribution in [0.15, 0.2) is 45.5 Å². The van der Waals surface area contributed by atoms with Crippen molar-refractivity contribution < 1.29 is 9.53 Å². The highest BCUT2D eigenvalue weighted by Gasteiger charge is 2.10. The van der Waals surface area contributed by atoms with Crippen molar-refractivity contribution in [2.24, 2.45) is 7.05 Å². The molecule has 0 saturated heterocycles. The van der Waals surface area contributed by atoms with Crippen LogP contribution in [0.5, 0.6) is 5.75 Å². The van der Waals surface area contributed by atoms with Gasteiger partial charge in [-0.05, 0) is 46.3 Å². The summed E-state index contributed by atoms with van der Waals surface area (Å²) in [6.07, 6.45) is 1.84. The number of nitrogens with zero attached hydrogens (tertiary/aromatic N) is 1. The largest absolute Gasteiger partial charge is 0.484 e. The maximum absolute atomic E-state index is 11.9. The molecule has 0 amide bonds. The van der Waals surface area contributed by atoms with E-state index in [1.165, 1.54) is 0 Å².